The Kier molecular flexibility index (Phi) is 7.39. The predicted molar refractivity (Wildman–Crippen MR) is 78.4 cm³/mol. The molecule has 0 bridgehead atoms. The van der Waals surface area contributed by atoms with Crippen molar-refractivity contribution in [2.75, 3.05) is 19.6 Å². The maximum Gasteiger partial charge on any atom is 0.320 e. The summed E-state index contributed by atoms with van der Waals surface area (Å²) in [4.78, 5) is 13.6. The summed E-state index contributed by atoms with van der Waals surface area (Å²) in [5.41, 5.74) is 0. The van der Waals surface area contributed by atoms with Crippen LogP contribution in [-0.2, 0) is 4.79 Å². The molecule has 0 aromatic heterocycles. The van der Waals surface area contributed by atoms with Crippen molar-refractivity contribution in [2.24, 2.45) is 5.92 Å². The van der Waals surface area contributed by atoms with E-state index in [2.05, 4.69) is 31.0 Å². The van der Waals surface area contributed by atoms with Crippen LogP contribution >= 0.6 is 0 Å². The number of rotatable bonds is 11. The minimum atomic E-state index is -0.703. The van der Waals surface area contributed by atoms with Crippen LogP contribution in [0.5, 0.6) is 0 Å². The first kappa shape index (κ1) is 16.4. The number of carboxylic acids is 1. The predicted octanol–water partition coefficient (Wildman–Crippen LogP) is 2.34. The Morgan fingerprint density at radius 2 is 1.95 bits per heavy atom. The van der Waals surface area contributed by atoms with Crippen LogP contribution in [0.15, 0.2) is 0 Å². The van der Waals surface area contributed by atoms with Gasteiger partial charge in [-0.1, -0.05) is 33.6 Å². The normalized spacial score (nSPS) is 17.1. The molecule has 1 rings (SSSR count). The van der Waals surface area contributed by atoms with Gasteiger partial charge in [-0.05, 0) is 31.7 Å². The van der Waals surface area contributed by atoms with Crippen molar-refractivity contribution in [2.45, 2.75) is 65.0 Å². The van der Waals surface area contributed by atoms with Crippen molar-refractivity contribution < 1.29 is 9.90 Å². The third-order valence-corrected chi connectivity index (χ3v) is 4.16. The molecule has 1 aliphatic carbocycles. The van der Waals surface area contributed by atoms with E-state index in [-0.39, 0.29) is 6.04 Å². The first-order valence-electron chi connectivity index (χ1n) is 7.81. The van der Waals surface area contributed by atoms with Crippen LogP contribution in [0.3, 0.4) is 0 Å². The highest BCUT2D eigenvalue weighted by Crippen LogP contribution is 2.20. The van der Waals surface area contributed by atoms with E-state index in [1.165, 1.54) is 12.8 Å². The number of hydrogen-bond acceptors (Lipinski definition) is 3. The van der Waals surface area contributed by atoms with E-state index in [1.54, 1.807) is 0 Å². The van der Waals surface area contributed by atoms with Gasteiger partial charge in [0.15, 0.2) is 0 Å². The van der Waals surface area contributed by atoms with Crippen LogP contribution in [-0.4, -0.2) is 47.7 Å². The molecule has 1 atom stereocenters. The lowest BCUT2D eigenvalue weighted by molar-refractivity contribution is -0.139. The topological polar surface area (TPSA) is 52.6 Å². The molecule has 19 heavy (non-hydrogen) atoms. The van der Waals surface area contributed by atoms with Gasteiger partial charge < -0.3 is 15.3 Å². The van der Waals surface area contributed by atoms with Crippen molar-refractivity contribution in [3.63, 3.8) is 0 Å². The van der Waals surface area contributed by atoms with E-state index >= 15 is 0 Å². The molecule has 0 aliphatic heterocycles. The zero-order chi connectivity index (χ0) is 14.3. The Bertz CT molecular complexity index is 263. The van der Waals surface area contributed by atoms with Crippen molar-refractivity contribution in [3.8, 4) is 0 Å². The maximum absolute atomic E-state index is 11.2. The number of aliphatic carboxylic acids is 1. The van der Waals surface area contributed by atoms with Gasteiger partial charge in [-0.2, -0.15) is 0 Å². The summed E-state index contributed by atoms with van der Waals surface area (Å²) in [5.74, 6) is 0.0325. The zero-order valence-electron chi connectivity index (χ0n) is 12.7. The fourth-order valence-corrected chi connectivity index (χ4v) is 2.41. The van der Waals surface area contributed by atoms with Crippen molar-refractivity contribution in [3.05, 3.63) is 0 Å². The van der Waals surface area contributed by atoms with Gasteiger partial charge in [0.25, 0.3) is 0 Å². The standard InChI is InChI=1S/C15H30N2O2/c1-4-12(5-2)11-17(6-3)10-9-14(15(18)19)16-13-7-8-13/h12-14,16H,4-11H2,1-3H3,(H,18,19). The molecule has 0 amide bonds. The quantitative estimate of drug-likeness (QED) is 0.605. The Morgan fingerprint density at radius 3 is 2.37 bits per heavy atom. The number of hydrogen-bond donors (Lipinski definition) is 2. The van der Waals surface area contributed by atoms with Crippen LogP contribution in [0.25, 0.3) is 0 Å². The minimum Gasteiger partial charge on any atom is -0.480 e. The van der Waals surface area contributed by atoms with Crippen LogP contribution in [0, 0.1) is 5.92 Å². The Labute approximate surface area is 117 Å². The van der Waals surface area contributed by atoms with Gasteiger partial charge in [-0.15, -0.1) is 0 Å². The van der Waals surface area contributed by atoms with Gasteiger partial charge in [0.05, 0.1) is 0 Å². The van der Waals surface area contributed by atoms with Crippen LogP contribution in [0.4, 0.5) is 0 Å². The molecule has 0 heterocycles. The summed E-state index contributed by atoms with van der Waals surface area (Å²) >= 11 is 0. The van der Waals surface area contributed by atoms with Gasteiger partial charge in [-0.3, -0.25) is 4.79 Å². The smallest absolute Gasteiger partial charge is 0.320 e. The first-order chi connectivity index (χ1) is 9.10. The second kappa shape index (κ2) is 8.54. The van der Waals surface area contributed by atoms with Gasteiger partial charge >= 0.3 is 5.97 Å². The molecule has 0 radical (unpaired) electrons. The molecule has 0 saturated heterocycles. The molecular formula is C15H30N2O2. The third kappa shape index (κ3) is 6.39. The zero-order valence-corrected chi connectivity index (χ0v) is 12.7. The van der Waals surface area contributed by atoms with E-state index in [4.69, 9.17) is 0 Å². The van der Waals surface area contributed by atoms with Crippen LogP contribution < -0.4 is 5.32 Å². The summed E-state index contributed by atoms with van der Waals surface area (Å²) in [6, 6.07) is 0.0819. The van der Waals surface area contributed by atoms with Crippen LogP contribution in [0.2, 0.25) is 0 Å². The third-order valence-electron chi connectivity index (χ3n) is 4.16. The first-order valence-corrected chi connectivity index (χ1v) is 7.81. The van der Waals surface area contributed by atoms with Crippen molar-refractivity contribution in [1.29, 1.82) is 0 Å². The Morgan fingerprint density at radius 1 is 1.32 bits per heavy atom. The monoisotopic (exact) mass is 270 g/mol. The van der Waals surface area contributed by atoms with Gasteiger partial charge in [-0.25, -0.2) is 0 Å². The summed E-state index contributed by atoms with van der Waals surface area (Å²) in [5, 5.41) is 12.5. The summed E-state index contributed by atoms with van der Waals surface area (Å²) in [6.07, 6.45) is 5.38. The average molecular weight is 270 g/mol. The van der Waals surface area contributed by atoms with Crippen molar-refractivity contribution in [1.82, 2.24) is 10.2 Å². The Hall–Kier alpha value is -0.610. The lowest BCUT2D eigenvalue weighted by Gasteiger charge is -2.26. The second-order valence-corrected chi connectivity index (χ2v) is 5.70. The molecule has 0 aromatic rings. The lowest BCUT2D eigenvalue weighted by atomic mass is 10.0. The Balaban J connectivity index is 2.34. The number of nitrogens with zero attached hydrogens (tertiary/aromatic N) is 1. The largest absolute Gasteiger partial charge is 0.480 e. The fraction of sp³-hybridized carbons (Fsp3) is 0.933. The molecule has 0 spiro atoms. The van der Waals surface area contributed by atoms with Crippen LogP contribution in [0.1, 0.15) is 52.9 Å². The van der Waals surface area contributed by atoms with Crippen molar-refractivity contribution >= 4 is 5.97 Å². The summed E-state index contributed by atoms with van der Waals surface area (Å²) < 4.78 is 0. The molecule has 1 aliphatic rings. The highest BCUT2D eigenvalue weighted by Gasteiger charge is 2.28. The maximum atomic E-state index is 11.2. The van der Waals surface area contributed by atoms with Gasteiger partial charge in [0.1, 0.15) is 6.04 Å². The SMILES string of the molecule is CCC(CC)CN(CC)CCC(NC1CC1)C(=O)O. The number of carboxylic acid groups (broad SMARTS) is 1. The highest BCUT2D eigenvalue weighted by molar-refractivity contribution is 5.73. The second-order valence-electron chi connectivity index (χ2n) is 5.70. The molecule has 1 fully saturated rings. The number of nitrogens with one attached hydrogen (secondary N) is 1. The average Bonchev–Trinajstić information content (AvgIpc) is 3.21. The minimum absolute atomic E-state index is 0.372. The van der Waals surface area contributed by atoms with E-state index in [0.717, 1.165) is 38.4 Å². The molecule has 0 aromatic carbocycles. The summed E-state index contributed by atoms with van der Waals surface area (Å²) in [6.45, 7) is 9.61. The van der Waals surface area contributed by atoms with E-state index < -0.39 is 5.97 Å². The molecule has 4 nitrogen and oxygen atoms in total. The van der Waals surface area contributed by atoms with E-state index in [0.29, 0.717) is 12.5 Å². The van der Waals surface area contributed by atoms with Gasteiger partial charge in [0, 0.05) is 19.1 Å². The molecule has 1 saturated carbocycles. The molecule has 1 unspecified atom stereocenters. The van der Waals surface area contributed by atoms with Gasteiger partial charge in [0.2, 0.25) is 0 Å². The summed E-state index contributed by atoms with van der Waals surface area (Å²) in [7, 11) is 0. The lowest BCUT2D eigenvalue weighted by Crippen LogP contribution is -2.41. The molecular weight excluding hydrogens is 240 g/mol. The van der Waals surface area contributed by atoms with E-state index in [9.17, 15) is 9.90 Å². The molecule has 112 valence electrons. The molecule has 4 heteroatoms. The molecule has 2 N–H and O–H groups in total. The number of carbonyl (C=O) groups is 1. The van der Waals surface area contributed by atoms with E-state index in [1.807, 2.05) is 0 Å². The fourth-order valence-electron chi connectivity index (χ4n) is 2.41. The highest BCUT2D eigenvalue weighted by atomic mass is 16.4.